The maximum absolute atomic E-state index is 11.7. The minimum atomic E-state index is -0.542. The largest absolute Gasteiger partial charge is 0.469 e. The van der Waals surface area contributed by atoms with Crippen LogP contribution in [0.25, 0.3) is 0 Å². The molecule has 0 spiro atoms. The van der Waals surface area contributed by atoms with Gasteiger partial charge in [0.05, 0.1) is 17.4 Å². The van der Waals surface area contributed by atoms with Crippen molar-refractivity contribution in [3.63, 3.8) is 0 Å². The fourth-order valence-corrected chi connectivity index (χ4v) is 2.27. The average Bonchev–Trinajstić information content (AvgIpc) is 3.13. The van der Waals surface area contributed by atoms with Gasteiger partial charge in [0.15, 0.2) is 0 Å². The molecule has 0 amide bonds. The van der Waals surface area contributed by atoms with Crippen LogP contribution in [0.4, 0.5) is 11.5 Å². The maximum atomic E-state index is 11.7. The molecular weight excluding hydrogens is 264 g/mol. The molecule has 8 heteroatoms. The summed E-state index contributed by atoms with van der Waals surface area (Å²) < 4.78 is 6.31. The van der Waals surface area contributed by atoms with Crippen molar-refractivity contribution in [1.29, 1.82) is 0 Å². The summed E-state index contributed by atoms with van der Waals surface area (Å²) in [5.74, 6) is 0.0807. The number of methoxy groups -OCH3 is 1. The number of ether oxygens (including phenoxy) is 1. The van der Waals surface area contributed by atoms with Gasteiger partial charge in [0.2, 0.25) is 5.82 Å². The first-order valence-corrected chi connectivity index (χ1v) is 6.49. The Morgan fingerprint density at radius 3 is 2.70 bits per heavy atom. The van der Waals surface area contributed by atoms with Crippen molar-refractivity contribution in [3.05, 3.63) is 15.8 Å². The lowest BCUT2D eigenvalue weighted by Crippen LogP contribution is -2.27. The molecule has 0 radical (unpaired) electrons. The van der Waals surface area contributed by atoms with Gasteiger partial charge in [-0.2, -0.15) is 5.10 Å². The molecule has 1 heterocycles. The van der Waals surface area contributed by atoms with Gasteiger partial charge in [-0.05, 0) is 26.7 Å². The molecule has 20 heavy (non-hydrogen) atoms. The minimum Gasteiger partial charge on any atom is -0.469 e. The topological polar surface area (TPSA) is 99.3 Å². The maximum Gasteiger partial charge on any atom is 0.333 e. The third-order valence-electron chi connectivity index (χ3n) is 3.64. The zero-order chi connectivity index (χ0) is 14.9. The van der Waals surface area contributed by atoms with Crippen LogP contribution >= 0.6 is 0 Å². The molecule has 1 aromatic rings. The van der Waals surface area contributed by atoms with E-state index in [0.29, 0.717) is 24.6 Å². The summed E-state index contributed by atoms with van der Waals surface area (Å²) in [6.07, 6.45) is 1.47. The monoisotopic (exact) mass is 282 g/mol. The van der Waals surface area contributed by atoms with E-state index < -0.39 is 10.3 Å². The molecule has 1 N–H and O–H groups in total. The highest BCUT2D eigenvalue weighted by atomic mass is 16.6. The number of aromatic nitrogens is 2. The summed E-state index contributed by atoms with van der Waals surface area (Å²) in [4.78, 5) is 22.4. The first-order chi connectivity index (χ1) is 9.45. The Morgan fingerprint density at radius 1 is 1.60 bits per heavy atom. The number of rotatable bonds is 6. The summed E-state index contributed by atoms with van der Waals surface area (Å²) in [6, 6.07) is 0. The summed E-state index contributed by atoms with van der Waals surface area (Å²) in [7, 11) is 1.35. The number of aryl methyl sites for hydroxylation is 2. The number of anilines is 1. The number of nitrogens with one attached hydrogen (secondary N) is 1. The molecule has 0 atom stereocenters. The first-order valence-electron chi connectivity index (χ1n) is 6.49. The molecule has 1 aromatic heterocycles. The molecule has 0 bridgehead atoms. The van der Waals surface area contributed by atoms with Crippen molar-refractivity contribution in [2.75, 3.05) is 19.0 Å². The second kappa shape index (κ2) is 5.10. The predicted molar refractivity (Wildman–Crippen MR) is 71.5 cm³/mol. The highest BCUT2D eigenvalue weighted by Crippen LogP contribution is 2.47. The van der Waals surface area contributed by atoms with Gasteiger partial charge in [-0.1, -0.05) is 0 Å². The number of esters is 1. The highest BCUT2D eigenvalue weighted by molar-refractivity contribution is 5.80. The van der Waals surface area contributed by atoms with Gasteiger partial charge in [0.1, 0.15) is 5.69 Å². The summed E-state index contributed by atoms with van der Waals surface area (Å²) in [5, 5.41) is 18.3. The molecule has 8 nitrogen and oxygen atoms in total. The molecule has 1 fully saturated rings. The van der Waals surface area contributed by atoms with Crippen LogP contribution in [0.3, 0.4) is 0 Å². The molecule has 110 valence electrons. The van der Waals surface area contributed by atoms with E-state index in [0.717, 1.165) is 12.8 Å². The van der Waals surface area contributed by atoms with E-state index in [-0.39, 0.29) is 11.7 Å². The Bertz CT molecular complexity index is 548. The van der Waals surface area contributed by atoms with Crippen LogP contribution in [0.5, 0.6) is 0 Å². The third kappa shape index (κ3) is 2.33. The standard InChI is InChI=1S/C12H18N4O4/c1-4-15-10(9(16(18)19)8(2)14-15)13-7-12(5-6-12)11(17)20-3/h13H,4-7H2,1-3H3. The Morgan fingerprint density at radius 2 is 2.25 bits per heavy atom. The van der Waals surface area contributed by atoms with Crippen LogP contribution < -0.4 is 5.32 Å². The van der Waals surface area contributed by atoms with Crippen LogP contribution in [0.1, 0.15) is 25.5 Å². The van der Waals surface area contributed by atoms with Crippen molar-refractivity contribution >= 4 is 17.5 Å². The summed E-state index contributed by atoms with van der Waals surface area (Å²) in [5.41, 5.74) is -0.214. The SMILES string of the molecule is CCn1nc(C)c([N+](=O)[O-])c1NCC1(C(=O)OC)CC1. The molecule has 2 rings (SSSR count). The molecule has 0 unspecified atom stereocenters. The van der Waals surface area contributed by atoms with E-state index >= 15 is 0 Å². The van der Waals surface area contributed by atoms with Gasteiger partial charge >= 0.3 is 11.7 Å². The van der Waals surface area contributed by atoms with Gasteiger partial charge in [-0.3, -0.25) is 14.9 Å². The van der Waals surface area contributed by atoms with Gasteiger partial charge in [0, 0.05) is 13.1 Å². The zero-order valence-electron chi connectivity index (χ0n) is 11.8. The molecule has 0 saturated heterocycles. The summed E-state index contributed by atoms with van der Waals surface area (Å²) >= 11 is 0. The Hall–Kier alpha value is -2.12. The number of hydrogen-bond acceptors (Lipinski definition) is 6. The van der Waals surface area contributed by atoms with Crippen LogP contribution in [0.15, 0.2) is 0 Å². The van der Waals surface area contributed by atoms with Crippen molar-refractivity contribution in [3.8, 4) is 0 Å². The molecular formula is C12H18N4O4. The van der Waals surface area contributed by atoms with Gasteiger partial charge in [-0.15, -0.1) is 0 Å². The quantitative estimate of drug-likeness (QED) is 0.482. The number of nitro groups is 1. The number of nitrogens with zero attached hydrogens (tertiary/aromatic N) is 3. The summed E-state index contributed by atoms with van der Waals surface area (Å²) in [6.45, 7) is 4.30. The highest BCUT2D eigenvalue weighted by Gasteiger charge is 2.51. The van der Waals surface area contributed by atoms with Crippen molar-refractivity contribution < 1.29 is 14.5 Å². The van der Waals surface area contributed by atoms with E-state index in [1.54, 1.807) is 11.6 Å². The lowest BCUT2D eigenvalue weighted by molar-refractivity contribution is -0.384. The minimum absolute atomic E-state index is 0.0347. The second-order valence-corrected chi connectivity index (χ2v) is 4.98. The van der Waals surface area contributed by atoms with Crippen molar-refractivity contribution in [2.45, 2.75) is 33.2 Å². The molecule has 1 aliphatic rings. The number of carbonyl (C=O) groups is 1. The fraction of sp³-hybridized carbons (Fsp3) is 0.667. The van der Waals surface area contributed by atoms with Crippen LogP contribution in [0, 0.1) is 22.5 Å². The number of hydrogen-bond donors (Lipinski definition) is 1. The normalized spacial score (nSPS) is 15.8. The van der Waals surface area contributed by atoms with E-state index in [2.05, 4.69) is 10.4 Å². The average molecular weight is 282 g/mol. The smallest absolute Gasteiger partial charge is 0.333 e. The molecule has 0 aromatic carbocycles. The van der Waals surface area contributed by atoms with Crippen molar-refractivity contribution in [2.24, 2.45) is 5.41 Å². The first kappa shape index (κ1) is 14.3. The predicted octanol–water partition coefficient (Wildman–Crippen LogP) is 1.48. The third-order valence-corrected chi connectivity index (χ3v) is 3.64. The second-order valence-electron chi connectivity index (χ2n) is 4.98. The molecule has 0 aliphatic heterocycles. The lowest BCUT2D eigenvalue weighted by atomic mass is 10.1. The van der Waals surface area contributed by atoms with Crippen LogP contribution in [-0.4, -0.2) is 34.3 Å². The fourth-order valence-electron chi connectivity index (χ4n) is 2.27. The van der Waals surface area contributed by atoms with Crippen molar-refractivity contribution in [1.82, 2.24) is 9.78 Å². The Kier molecular flexibility index (Phi) is 3.65. The zero-order valence-corrected chi connectivity index (χ0v) is 11.8. The Balaban J connectivity index is 2.21. The van der Waals surface area contributed by atoms with E-state index in [1.807, 2.05) is 6.92 Å². The van der Waals surface area contributed by atoms with E-state index in [4.69, 9.17) is 4.74 Å². The van der Waals surface area contributed by atoms with E-state index in [1.165, 1.54) is 7.11 Å². The molecule has 1 aliphatic carbocycles. The van der Waals surface area contributed by atoms with Crippen LogP contribution in [0.2, 0.25) is 0 Å². The van der Waals surface area contributed by atoms with Gasteiger partial charge < -0.3 is 10.1 Å². The van der Waals surface area contributed by atoms with Crippen LogP contribution in [-0.2, 0) is 16.1 Å². The van der Waals surface area contributed by atoms with Gasteiger partial charge in [0.25, 0.3) is 0 Å². The van der Waals surface area contributed by atoms with E-state index in [9.17, 15) is 14.9 Å². The Labute approximate surface area is 116 Å². The molecule has 1 saturated carbocycles. The number of carbonyl (C=O) groups excluding carboxylic acids is 1. The van der Waals surface area contributed by atoms with Gasteiger partial charge in [-0.25, -0.2) is 4.68 Å². The lowest BCUT2D eigenvalue weighted by Gasteiger charge is -2.14.